The van der Waals surface area contributed by atoms with E-state index in [0.29, 0.717) is 21.2 Å². The van der Waals surface area contributed by atoms with Crippen LogP contribution < -0.4 is 10.7 Å². The standard InChI is InChI=1S/C20H19N5O3S/c1-12-9-13(2)22-17(15(12)10-21)29-11-16(26)24-25-18(27)20(3,23-19(25)28)14-7-5-4-6-8-14/h4-9H,11H2,1-3H3,(H,23,28)(H,24,26). The van der Waals surface area contributed by atoms with Crippen molar-refractivity contribution in [2.45, 2.75) is 31.3 Å². The monoisotopic (exact) mass is 409 g/mol. The molecule has 1 aromatic heterocycles. The van der Waals surface area contributed by atoms with Gasteiger partial charge in [-0.15, -0.1) is 0 Å². The zero-order valence-electron chi connectivity index (χ0n) is 16.1. The Kier molecular flexibility index (Phi) is 5.57. The third-order valence-electron chi connectivity index (χ3n) is 4.54. The van der Waals surface area contributed by atoms with Crippen LogP contribution in [0.25, 0.3) is 0 Å². The molecule has 1 aromatic carbocycles. The Morgan fingerprint density at radius 1 is 1.31 bits per heavy atom. The fraction of sp³-hybridized carbons (Fsp3) is 0.250. The summed E-state index contributed by atoms with van der Waals surface area (Å²) in [6, 6.07) is 12.0. The predicted molar refractivity (Wildman–Crippen MR) is 106 cm³/mol. The van der Waals surface area contributed by atoms with Gasteiger partial charge in [0.15, 0.2) is 0 Å². The quantitative estimate of drug-likeness (QED) is 0.578. The minimum atomic E-state index is -1.26. The summed E-state index contributed by atoms with van der Waals surface area (Å²) >= 11 is 1.07. The average molecular weight is 409 g/mol. The second-order valence-corrected chi connectivity index (χ2v) is 7.72. The van der Waals surface area contributed by atoms with Crippen molar-refractivity contribution in [3.8, 4) is 6.07 Å². The summed E-state index contributed by atoms with van der Waals surface area (Å²) in [4.78, 5) is 41.8. The molecule has 9 heteroatoms. The lowest BCUT2D eigenvalue weighted by Crippen LogP contribution is -2.48. The first kappa shape index (κ1) is 20.4. The van der Waals surface area contributed by atoms with Crippen LogP contribution >= 0.6 is 11.8 Å². The van der Waals surface area contributed by atoms with Crippen LogP contribution in [0.4, 0.5) is 4.79 Å². The maximum absolute atomic E-state index is 12.8. The van der Waals surface area contributed by atoms with Crippen molar-refractivity contribution in [1.29, 1.82) is 5.26 Å². The Hall–Kier alpha value is -3.38. The molecule has 1 unspecified atom stereocenters. The molecule has 0 radical (unpaired) electrons. The number of thioether (sulfide) groups is 1. The van der Waals surface area contributed by atoms with E-state index in [1.54, 1.807) is 57.2 Å². The lowest BCUT2D eigenvalue weighted by Gasteiger charge is -2.22. The summed E-state index contributed by atoms with van der Waals surface area (Å²) in [5, 5.41) is 13.1. The molecule has 2 aromatic rings. The van der Waals surface area contributed by atoms with Gasteiger partial charge in [-0.3, -0.25) is 15.0 Å². The van der Waals surface area contributed by atoms with Gasteiger partial charge in [-0.2, -0.15) is 10.3 Å². The van der Waals surface area contributed by atoms with Crippen LogP contribution in [0, 0.1) is 25.2 Å². The molecule has 3 rings (SSSR count). The molecular weight excluding hydrogens is 390 g/mol. The van der Waals surface area contributed by atoms with Gasteiger partial charge in [0.25, 0.3) is 5.91 Å². The van der Waals surface area contributed by atoms with Crippen molar-refractivity contribution in [1.82, 2.24) is 20.7 Å². The number of urea groups is 1. The van der Waals surface area contributed by atoms with E-state index in [1.165, 1.54) is 0 Å². The zero-order chi connectivity index (χ0) is 21.2. The van der Waals surface area contributed by atoms with Crippen molar-refractivity contribution in [2.75, 3.05) is 5.75 Å². The molecule has 1 aliphatic rings. The van der Waals surface area contributed by atoms with Gasteiger partial charge in [0.2, 0.25) is 5.91 Å². The highest BCUT2D eigenvalue weighted by molar-refractivity contribution is 8.00. The first-order valence-electron chi connectivity index (χ1n) is 8.79. The Bertz CT molecular complexity index is 1030. The normalized spacial score (nSPS) is 18.3. The van der Waals surface area contributed by atoms with Gasteiger partial charge in [0, 0.05) is 5.69 Å². The Morgan fingerprint density at radius 2 is 2.00 bits per heavy atom. The lowest BCUT2D eigenvalue weighted by atomic mass is 9.92. The number of carbonyl (C=O) groups is 3. The molecule has 2 heterocycles. The van der Waals surface area contributed by atoms with Crippen LogP contribution in [0.3, 0.4) is 0 Å². The number of hydrogen-bond acceptors (Lipinski definition) is 6. The van der Waals surface area contributed by atoms with Crippen LogP contribution in [-0.4, -0.2) is 33.6 Å². The smallest absolute Gasteiger partial charge is 0.318 e. The van der Waals surface area contributed by atoms with Crippen molar-refractivity contribution in [3.05, 3.63) is 58.8 Å². The number of nitrogens with zero attached hydrogens (tertiary/aromatic N) is 3. The van der Waals surface area contributed by atoms with Crippen LogP contribution in [0.5, 0.6) is 0 Å². The van der Waals surface area contributed by atoms with E-state index in [0.717, 1.165) is 23.0 Å². The Labute approximate surface area is 172 Å². The molecule has 0 saturated carbocycles. The van der Waals surface area contributed by atoms with Gasteiger partial charge < -0.3 is 5.32 Å². The molecule has 1 atom stereocenters. The molecule has 29 heavy (non-hydrogen) atoms. The van der Waals surface area contributed by atoms with Crippen LogP contribution in [-0.2, 0) is 15.1 Å². The molecule has 2 N–H and O–H groups in total. The number of aryl methyl sites for hydroxylation is 2. The number of hydrogen-bond donors (Lipinski definition) is 2. The molecule has 0 aliphatic carbocycles. The van der Waals surface area contributed by atoms with Crippen molar-refractivity contribution < 1.29 is 14.4 Å². The van der Waals surface area contributed by atoms with Gasteiger partial charge in [0.1, 0.15) is 16.6 Å². The molecule has 4 amide bonds. The zero-order valence-corrected chi connectivity index (χ0v) is 17.0. The number of nitriles is 1. The van der Waals surface area contributed by atoms with Crippen molar-refractivity contribution >= 4 is 29.6 Å². The van der Waals surface area contributed by atoms with E-state index in [9.17, 15) is 19.6 Å². The second-order valence-electron chi connectivity index (χ2n) is 6.76. The first-order valence-corrected chi connectivity index (χ1v) is 9.77. The summed E-state index contributed by atoms with van der Waals surface area (Å²) < 4.78 is 0. The molecule has 148 valence electrons. The Balaban J connectivity index is 1.70. The summed E-state index contributed by atoms with van der Waals surface area (Å²) in [6.45, 7) is 5.19. The largest absolute Gasteiger partial charge is 0.344 e. The summed E-state index contributed by atoms with van der Waals surface area (Å²) in [5.41, 5.74) is 3.60. The van der Waals surface area contributed by atoms with Crippen LogP contribution in [0.2, 0.25) is 0 Å². The maximum Gasteiger partial charge on any atom is 0.344 e. The highest BCUT2D eigenvalue weighted by Gasteiger charge is 2.49. The van der Waals surface area contributed by atoms with E-state index in [2.05, 4.69) is 21.8 Å². The molecule has 1 fully saturated rings. The third kappa shape index (κ3) is 3.93. The number of amides is 4. The number of aromatic nitrogens is 1. The number of hydrazine groups is 1. The highest BCUT2D eigenvalue weighted by Crippen LogP contribution is 2.28. The minimum Gasteiger partial charge on any atom is -0.318 e. The molecule has 8 nitrogen and oxygen atoms in total. The topological polar surface area (TPSA) is 115 Å². The summed E-state index contributed by atoms with van der Waals surface area (Å²) in [6.07, 6.45) is 0. The third-order valence-corrected chi connectivity index (χ3v) is 5.52. The molecule has 0 spiro atoms. The van der Waals surface area contributed by atoms with Gasteiger partial charge in [0.05, 0.1) is 11.3 Å². The predicted octanol–water partition coefficient (Wildman–Crippen LogP) is 2.16. The summed E-state index contributed by atoms with van der Waals surface area (Å²) in [7, 11) is 0. The minimum absolute atomic E-state index is 0.107. The maximum atomic E-state index is 12.8. The number of nitrogens with one attached hydrogen (secondary N) is 2. The van der Waals surface area contributed by atoms with Crippen molar-refractivity contribution in [2.24, 2.45) is 0 Å². The summed E-state index contributed by atoms with van der Waals surface area (Å²) in [5.74, 6) is -1.24. The number of pyridine rings is 1. The van der Waals surface area contributed by atoms with Gasteiger partial charge in [-0.25, -0.2) is 9.78 Å². The van der Waals surface area contributed by atoms with E-state index < -0.39 is 23.4 Å². The van der Waals surface area contributed by atoms with E-state index >= 15 is 0 Å². The first-order chi connectivity index (χ1) is 13.8. The number of benzene rings is 1. The highest BCUT2D eigenvalue weighted by atomic mass is 32.2. The van der Waals surface area contributed by atoms with Gasteiger partial charge in [-0.05, 0) is 38.0 Å². The molecular formula is C20H19N5O3S. The SMILES string of the molecule is Cc1cc(C)c(C#N)c(SCC(=O)NN2C(=O)NC(C)(c3ccccc3)C2=O)n1. The van der Waals surface area contributed by atoms with Crippen LogP contribution in [0.15, 0.2) is 41.4 Å². The van der Waals surface area contributed by atoms with E-state index in [1.807, 2.05) is 0 Å². The van der Waals surface area contributed by atoms with Gasteiger partial charge in [-0.1, -0.05) is 42.1 Å². The van der Waals surface area contributed by atoms with E-state index in [-0.39, 0.29) is 5.75 Å². The fourth-order valence-corrected chi connectivity index (χ4v) is 3.93. The Morgan fingerprint density at radius 3 is 2.66 bits per heavy atom. The van der Waals surface area contributed by atoms with Gasteiger partial charge >= 0.3 is 6.03 Å². The van der Waals surface area contributed by atoms with Crippen LogP contribution in [0.1, 0.15) is 29.3 Å². The molecule has 1 aliphatic heterocycles. The second kappa shape index (κ2) is 7.93. The average Bonchev–Trinajstić information content (AvgIpc) is 2.91. The number of imide groups is 1. The number of rotatable bonds is 5. The van der Waals surface area contributed by atoms with E-state index in [4.69, 9.17) is 0 Å². The lowest BCUT2D eigenvalue weighted by molar-refractivity contribution is -0.138. The fourth-order valence-electron chi connectivity index (χ4n) is 3.04. The number of carbonyl (C=O) groups excluding carboxylic acids is 3. The molecule has 1 saturated heterocycles. The molecule has 0 bridgehead atoms. The van der Waals surface area contributed by atoms with Crippen molar-refractivity contribution in [3.63, 3.8) is 0 Å².